The summed E-state index contributed by atoms with van der Waals surface area (Å²) in [7, 11) is 1.51. The number of pyridine rings is 1. The minimum Gasteiger partial charge on any atom is -0.507 e. The Hall–Kier alpha value is -3.72. The fourth-order valence-electron chi connectivity index (χ4n) is 8.08. The third-order valence-corrected chi connectivity index (χ3v) is 9.52. The van der Waals surface area contributed by atoms with E-state index in [0.717, 1.165) is 6.92 Å². The monoisotopic (exact) mass is 547 g/mol. The summed E-state index contributed by atoms with van der Waals surface area (Å²) in [4.78, 5) is 72.5. The highest BCUT2D eigenvalue weighted by Crippen LogP contribution is 2.64. The Morgan fingerprint density at radius 1 is 1.10 bits per heavy atom. The van der Waals surface area contributed by atoms with Gasteiger partial charge in [-0.3, -0.25) is 29.0 Å². The van der Waals surface area contributed by atoms with E-state index in [1.165, 1.54) is 19.4 Å². The summed E-state index contributed by atoms with van der Waals surface area (Å²) in [6.45, 7) is 7.91. The van der Waals surface area contributed by atoms with E-state index in [1.807, 2.05) is 0 Å². The molecule has 0 bridgehead atoms. The minimum atomic E-state index is -2.71. The number of ether oxygens (including phenoxy) is 1. The predicted octanol–water partition coefficient (Wildman–Crippen LogP) is 3.16. The number of Topliss-reactive ketones (excluding diaryl/α,β-unsaturated/α-hetero) is 5. The van der Waals surface area contributed by atoms with Gasteiger partial charge in [-0.15, -0.1) is 0 Å². The highest BCUT2D eigenvalue weighted by Gasteiger charge is 2.76. The molecule has 2 saturated carbocycles. The molecule has 2 aromatic rings. The first-order chi connectivity index (χ1) is 18.6. The molecule has 9 heteroatoms. The van der Waals surface area contributed by atoms with Crippen LogP contribution in [0.3, 0.4) is 0 Å². The van der Waals surface area contributed by atoms with Gasteiger partial charge in [0, 0.05) is 23.1 Å². The highest BCUT2D eigenvalue weighted by atomic mass is 16.5. The van der Waals surface area contributed by atoms with Crippen LogP contribution >= 0.6 is 0 Å². The van der Waals surface area contributed by atoms with E-state index in [-0.39, 0.29) is 24.2 Å². The molecule has 210 valence electrons. The number of hydrogen-bond acceptors (Lipinski definition) is 9. The van der Waals surface area contributed by atoms with Gasteiger partial charge in [0.15, 0.2) is 28.7 Å². The van der Waals surface area contributed by atoms with Gasteiger partial charge in [0.25, 0.3) is 0 Å². The fraction of sp³-hybridized carbons (Fsp3) is 0.484. The average molecular weight is 548 g/mol. The summed E-state index contributed by atoms with van der Waals surface area (Å²) in [6.07, 6.45) is 3.29. The summed E-state index contributed by atoms with van der Waals surface area (Å²) in [6, 6.07) is 4.79. The van der Waals surface area contributed by atoms with Gasteiger partial charge in [0.2, 0.25) is 0 Å². The number of aromatic hydroxyl groups is 1. The molecule has 0 spiro atoms. The lowest BCUT2D eigenvalue weighted by atomic mass is 9.40. The van der Waals surface area contributed by atoms with Crippen LogP contribution in [0.15, 0.2) is 30.6 Å². The summed E-state index contributed by atoms with van der Waals surface area (Å²) in [5.41, 5.74) is -3.65. The molecule has 0 radical (unpaired) electrons. The lowest BCUT2D eigenvalue weighted by molar-refractivity contribution is -0.205. The maximum Gasteiger partial charge on any atom is 0.190 e. The first kappa shape index (κ1) is 27.8. The van der Waals surface area contributed by atoms with Gasteiger partial charge < -0.3 is 14.9 Å². The molecule has 2 N–H and O–H groups in total. The molecule has 40 heavy (non-hydrogen) atoms. The van der Waals surface area contributed by atoms with Crippen LogP contribution in [0.2, 0.25) is 0 Å². The van der Waals surface area contributed by atoms with E-state index in [2.05, 4.69) is 4.98 Å². The zero-order valence-electron chi connectivity index (χ0n) is 23.4. The minimum absolute atomic E-state index is 0.00546. The molecule has 0 amide bonds. The van der Waals surface area contributed by atoms with Crippen molar-refractivity contribution < 1.29 is 38.9 Å². The molecule has 3 aliphatic carbocycles. The zero-order valence-corrected chi connectivity index (χ0v) is 23.4. The molecule has 6 atom stereocenters. The number of methoxy groups -OCH3 is 1. The molecule has 0 saturated heterocycles. The van der Waals surface area contributed by atoms with Crippen molar-refractivity contribution in [1.29, 1.82) is 0 Å². The largest absolute Gasteiger partial charge is 0.507 e. The second kappa shape index (κ2) is 8.89. The van der Waals surface area contributed by atoms with Gasteiger partial charge >= 0.3 is 0 Å². The first-order valence-corrected chi connectivity index (χ1v) is 13.4. The van der Waals surface area contributed by atoms with Crippen LogP contribution in [0.4, 0.5) is 0 Å². The van der Waals surface area contributed by atoms with Crippen LogP contribution in [0.25, 0.3) is 11.1 Å². The molecule has 3 aliphatic rings. The normalized spacial score (nSPS) is 33.4. The van der Waals surface area contributed by atoms with Crippen molar-refractivity contribution in [3.63, 3.8) is 0 Å². The van der Waals surface area contributed by atoms with Gasteiger partial charge in [-0.2, -0.15) is 0 Å². The standard InChI is InChI=1S/C31H33NO8/c1-14(2)23-25(35)21(15(3)33)27(37)31(39)28(38)24-26(36)22-19(10-29(24,4)13-30(23,31)5)18(7-8-20(22)34)16-9-17(40-6)12-32-11-16/h7-9,11-12,14,21,23-24,34,39H,10,13H2,1-6H3/t21?,23?,24?,29-,30-,31+/m1/s1. The van der Waals surface area contributed by atoms with Crippen LogP contribution in [0.1, 0.15) is 57.0 Å². The second-order valence-corrected chi connectivity index (χ2v) is 12.4. The lowest BCUT2D eigenvalue weighted by Crippen LogP contribution is -2.76. The van der Waals surface area contributed by atoms with Crippen LogP contribution < -0.4 is 4.74 Å². The molecule has 0 aliphatic heterocycles. The first-order valence-electron chi connectivity index (χ1n) is 13.4. The third-order valence-electron chi connectivity index (χ3n) is 9.52. The van der Waals surface area contributed by atoms with E-state index in [4.69, 9.17) is 4.74 Å². The Balaban J connectivity index is 1.74. The summed E-state index contributed by atoms with van der Waals surface area (Å²) in [5.74, 6) is -8.65. The molecular formula is C31H33NO8. The van der Waals surface area contributed by atoms with Crippen molar-refractivity contribution in [2.24, 2.45) is 34.5 Å². The van der Waals surface area contributed by atoms with Gasteiger partial charge in [-0.25, -0.2) is 0 Å². The number of phenolic OH excluding ortho intramolecular Hbond substituents is 1. The Morgan fingerprint density at radius 2 is 1.77 bits per heavy atom. The van der Waals surface area contributed by atoms with Crippen molar-refractivity contribution in [2.45, 2.75) is 53.1 Å². The average Bonchev–Trinajstić information content (AvgIpc) is 2.86. The molecular weight excluding hydrogens is 514 g/mol. The summed E-state index contributed by atoms with van der Waals surface area (Å²) in [5, 5.41) is 22.9. The Kier molecular flexibility index (Phi) is 6.19. The van der Waals surface area contributed by atoms with E-state index >= 15 is 0 Å². The number of hydrogen-bond donors (Lipinski definition) is 2. The van der Waals surface area contributed by atoms with Crippen LogP contribution in [-0.4, -0.2) is 56.8 Å². The fourth-order valence-corrected chi connectivity index (χ4v) is 8.08. The van der Waals surface area contributed by atoms with E-state index in [1.54, 1.807) is 46.0 Å². The predicted molar refractivity (Wildman–Crippen MR) is 143 cm³/mol. The quantitative estimate of drug-likeness (QED) is 0.551. The topological polar surface area (TPSA) is 148 Å². The van der Waals surface area contributed by atoms with Crippen LogP contribution in [0, 0.1) is 34.5 Å². The molecule has 2 fully saturated rings. The highest BCUT2D eigenvalue weighted by molar-refractivity contribution is 6.32. The number of phenols is 1. The summed E-state index contributed by atoms with van der Waals surface area (Å²) >= 11 is 0. The van der Waals surface area contributed by atoms with Crippen molar-refractivity contribution in [3.05, 3.63) is 41.7 Å². The van der Waals surface area contributed by atoms with Crippen molar-refractivity contribution >= 4 is 28.9 Å². The molecule has 9 nitrogen and oxygen atoms in total. The van der Waals surface area contributed by atoms with E-state index < -0.39 is 69.0 Å². The third kappa shape index (κ3) is 3.43. The summed E-state index contributed by atoms with van der Waals surface area (Å²) < 4.78 is 5.31. The number of ketones is 5. The number of benzene rings is 1. The molecule has 1 heterocycles. The number of aromatic nitrogens is 1. The van der Waals surface area contributed by atoms with Gasteiger partial charge in [-0.1, -0.05) is 33.8 Å². The molecule has 1 aromatic heterocycles. The maximum atomic E-state index is 14.3. The number of aliphatic hydroxyl groups is 1. The Morgan fingerprint density at radius 3 is 2.38 bits per heavy atom. The second-order valence-electron chi connectivity index (χ2n) is 12.4. The van der Waals surface area contributed by atoms with Gasteiger partial charge in [0.1, 0.15) is 23.2 Å². The van der Waals surface area contributed by atoms with Gasteiger partial charge in [0.05, 0.1) is 24.8 Å². The number of fused-ring (bicyclic) bond motifs is 3. The Bertz CT molecular complexity index is 1510. The van der Waals surface area contributed by atoms with E-state index in [0.29, 0.717) is 22.4 Å². The number of rotatable bonds is 4. The smallest absolute Gasteiger partial charge is 0.190 e. The number of carbonyl (C=O) groups is 5. The maximum absolute atomic E-state index is 14.3. The van der Waals surface area contributed by atoms with Crippen LogP contribution in [-0.2, 0) is 25.6 Å². The van der Waals surface area contributed by atoms with Crippen molar-refractivity contribution in [1.82, 2.24) is 4.98 Å². The number of carbonyl (C=O) groups excluding carboxylic acids is 5. The SMILES string of the molecule is COc1cncc(-c2ccc(O)c3c2C[C@]2(C)C[C@]4(C)C(C(C)C)C(=O)C(C(C)=O)C(=O)[C@]4(O)C(=O)C2C3=O)c1. The van der Waals surface area contributed by atoms with Crippen molar-refractivity contribution in [2.75, 3.05) is 7.11 Å². The molecule has 3 unspecified atom stereocenters. The number of nitrogens with zero attached hydrogens (tertiary/aromatic N) is 1. The van der Waals surface area contributed by atoms with Gasteiger partial charge in [-0.05, 0) is 54.4 Å². The van der Waals surface area contributed by atoms with Crippen LogP contribution in [0.5, 0.6) is 11.5 Å². The van der Waals surface area contributed by atoms with E-state index in [9.17, 15) is 34.2 Å². The lowest BCUT2D eigenvalue weighted by Gasteiger charge is -2.61. The van der Waals surface area contributed by atoms with Crippen molar-refractivity contribution in [3.8, 4) is 22.6 Å². The zero-order chi connectivity index (χ0) is 29.5. The Labute approximate surface area is 231 Å². The molecule has 5 rings (SSSR count). The molecule has 1 aromatic carbocycles.